The first-order valence-corrected chi connectivity index (χ1v) is 17.6. The van der Waals surface area contributed by atoms with E-state index < -0.39 is 0 Å². The minimum absolute atomic E-state index is 0.0821. The number of hydrogen-bond acceptors (Lipinski definition) is 8. The number of amides is 2. The Kier molecular flexibility index (Phi) is 7.92. The van der Waals surface area contributed by atoms with E-state index in [1.807, 2.05) is 34.1 Å². The molecule has 2 amide bonds. The fourth-order valence-corrected chi connectivity index (χ4v) is 9.53. The average Bonchev–Trinajstić information content (AvgIpc) is 3.87. The van der Waals surface area contributed by atoms with E-state index in [0.29, 0.717) is 49.3 Å². The highest BCUT2D eigenvalue weighted by Crippen LogP contribution is 2.43. The van der Waals surface area contributed by atoms with Crippen LogP contribution >= 0.6 is 22.7 Å². The van der Waals surface area contributed by atoms with Crippen LogP contribution < -0.4 is 9.80 Å². The number of alkyl halides is 2. The molecular formula is C34H34F2N6O2S2. The van der Waals surface area contributed by atoms with E-state index in [1.165, 1.54) is 22.7 Å². The van der Waals surface area contributed by atoms with Gasteiger partial charge in [-0.3, -0.25) is 19.4 Å². The number of rotatable bonds is 7. The first-order valence-electron chi connectivity index (χ1n) is 15.9. The lowest BCUT2D eigenvalue weighted by Crippen LogP contribution is -2.31. The van der Waals surface area contributed by atoms with Crippen LogP contribution in [-0.2, 0) is 38.8 Å². The molecule has 4 aliphatic heterocycles. The number of halogens is 2. The van der Waals surface area contributed by atoms with Crippen molar-refractivity contribution in [3.8, 4) is 11.1 Å². The van der Waals surface area contributed by atoms with E-state index in [-0.39, 0.29) is 25.2 Å². The summed E-state index contributed by atoms with van der Waals surface area (Å²) in [5, 5.41) is 0.998. The Hall–Kier alpha value is -3.58. The molecule has 0 radical (unpaired) electrons. The molecule has 238 valence electrons. The van der Waals surface area contributed by atoms with E-state index in [4.69, 9.17) is 9.97 Å². The number of thiazole rings is 2. The summed E-state index contributed by atoms with van der Waals surface area (Å²) in [6.45, 7) is 4.06. The fraction of sp³-hybridized carbons (Fsp3) is 0.412. The van der Waals surface area contributed by atoms with Crippen LogP contribution in [0.1, 0.15) is 51.9 Å². The van der Waals surface area contributed by atoms with Crippen molar-refractivity contribution in [2.24, 2.45) is 0 Å². The van der Waals surface area contributed by atoms with Crippen molar-refractivity contribution in [1.29, 1.82) is 0 Å². The summed E-state index contributed by atoms with van der Waals surface area (Å²) in [4.78, 5) is 47.0. The maximum atomic E-state index is 13.8. The zero-order valence-corrected chi connectivity index (χ0v) is 27.1. The molecule has 0 saturated heterocycles. The van der Waals surface area contributed by atoms with Gasteiger partial charge in [0.05, 0.1) is 11.4 Å². The van der Waals surface area contributed by atoms with Crippen LogP contribution in [0.4, 0.5) is 20.2 Å². The van der Waals surface area contributed by atoms with E-state index in [9.17, 15) is 18.4 Å². The lowest BCUT2D eigenvalue weighted by molar-refractivity contribution is 0.0981. The largest absolute Gasteiger partial charge is 0.306 e. The Balaban J connectivity index is 1.05. The van der Waals surface area contributed by atoms with Crippen molar-refractivity contribution >= 4 is 45.9 Å². The van der Waals surface area contributed by atoms with Gasteiger partial charge in [0.15, 0.2) is 10.0 Å². The maximum absolute atomic E-state index is 13.8. The number of carbonyl (C=O) groups is 2. The smallest absolute Gasteiger partial charge is 0.287 e. The minimum atomic E-state index is -0.373. The Labute approximate surface area is 274 Å². The molecule has 6 heterocycles. The number of fused-ring (bicyclic) bond motifs is 4. The Morgan fingerprint density at radius 3 is 1.54 bits per heavy atom. The summed E-state index contributed by atoms with van der Waals surface area (Å²) < 4.78 is 25.8. The quantitative estimate of drug-likeness (QED) is 0.267. The lowest BCUT2D eigenvalue weighted by atomic mass is 9.93. The van der Waals surface area contributed by atoms with Crippen LogP contribution in [0, 0.1) is 0 Å². The van der Waals surface area contributed by atoms with Gasteiger partial charge in [-0.2, -0.15) is 0 Å². The third kappa shape index (κ3) is 5.15. The van der Waals surface area contributed by atoms with Gasteiger partial charge < -0.3 is 9.80 Å². The normalized spacial score (nSPS) is 17.6. The molecule has 0 aliphatic carbocycles. The van der Waals surface area contributed by atoms with Crippen molar-refractivity contribution in [1.82, 2.24) is 19.8 Å². The summed E-state index contributed by atoms with van der Waals surface area (Å²) in [5.74, 6) is -0.164. The second-order valence-electron chi connectivity index (χ2n) is 12.2. The predicted molar refractivity (Wildman–Crippen MR) is 177 cm³/mol. The molecule has 0 fully saturated rings. The second-order valence-corrected chi connectivity index (χ2v) is 14.4. The zero-order chi connectivity index (χ0) is 31.4. The van der Waals surface area contributed by atoms with E-state index >= 15 is 0 Å². The molecule has 0 spiro atoms. The van der Waals surface area contributed by atoms with Crippen molar-refractivity contribution in [2.45, 2.75) is 38.8 Å². The molecule has 0 bridgehead atoms. The lowest BCUT2D eigenvalue weighted by Gasteiger charge is -2.24. The maximum Gasteiger partial charge on any atom is 0.287 e. The SMILES string of the molecule is O=C(c1nc2c(s1)CN(CCF)CC2)N1CCc2c(-c3cccc4c3CCN4C(=O)c3nc4c(s3)CN(CCF)CC4)cccc21. The summed E-state index contributed by atoms with van der Waals surface area (Å²) in [7, 11) is 0. The van der Waals surface area contributed by atoms with Gasteiger partial charge in [-0.25, -0.2) is 18.7 Å². The molecule has 4 aromatic rings. The molecule has 4 aliphatic rings. The summed E-state index contributed by atoms with van der Waals surface area (Å²) >= 11 is 2.88. The minimum Gasteiger partial charge on any atom is -0.306 e. The van der Waals surface area contributed by atoms with Gasteiger partial charge >= 0.3 is 0 Å². The summed E-state index contributed by atoms with van der Waals surface area (Å²) in [6.07, 6.45) is 2.96. The van der Waals surface area contributed by atoms with Crippen LogP contribution in [0.3, 0.4) is 0 Å². The van der Waals surface area contributed by atoms with Crippen LogP contribution in [0.25, 0.3) is 11.1 Å². The average molecular weight is 661 g/mol. The number of anilines is 2. The van der Waals surface area contributed by atoms with Gasteiger partial charge in [0, 0.05) is 86.3 Å². The number of hydrogen-bond donors (Lipinski definition) is 0. The van der Waals surface area contributed by atoms with Gasteiger partial charge in [0.25, 0.3) is 11.8 Å². The van der Waals surface area contributed by atoms with Gasteiger partial charge in [-0.05, 0) is 47.2 Å². The zero-order valence-electron chi connectivity index (χ0n) is 25.4. The topological polar surface area (TPSA) is 72.9 Å². The first-order chi connectivity index (χ1) is 22.5. The van der Waals surface area contributed by atoms with Crippen LogP contribution in [0.2, 0.25) is 0 Å². The predicted octanol–water partition coefficient (Wildman–Crippen LogP) is 5.33. The molecule has 0 saturated carbocycles. The van der Waals surface area contributed by atoms with Gasteiger partial charge in [0.2, 0.25) is 0 Å². The van der Waals surface area contributed by atoms with Crippen molar-refractivity contribution in [2.75, 3.05) is 62.4 Å². The van der Waals surface area contributed by atoms with Crippen molar-refractivity contribution < 1.29 is 18.4 Å². The molecule has 2 aromatic carbocycles. The Bertz CT molecular complexity index is 1710. The van der Waals surface area contributed by atoms with Crippen LogP contribution in [0.5, 0.6) is 0 Å². The van der Waals surface area contributed by atoms with E-state index in [2.05, 4.69) is 21.9 Å². The highest BCUT2D eigenvalue weighted by atomic mass is 32.1. The monoisotopic (exact) mass is 660 g/mol. The van der Waals surface area contributed by atoms with Crippen LogP contribution in [-0.4, -0.2) is 84.2 Å². The van der Waals surface area contributed by atoms with Crippen molar-refractivity contribution in [3.05, 3.63) is 78.7 Å². The Morgan fingerprint density at radius 2 is 1.11 bits per heavy atom. The third-order valence-electron chi connectivity index (χ3n) is 9.62. The molecule has 8 nitrogen and oxygen atoms in total. The third-order valence-corrected chi connectivity index (χ3v) is 11.8. The molecular weight excluding hydrogens is 627 g/mol. The van der Waals surface area contributed by atoms with Crippen molar-refractivity contribution in [3.63, 3.8) is 0 Å². The van der Waals surface area contributed by atoms with Gasteiger partial charge in [-0.15, -0.1) is 22.7 Å². The standard InChI is InChI=1S/C34H34F2N6O2S2/c35-11-17-39-13-9-25-29(19-39)45-31(37-25)33(43)41-15-7-23-21(3-1-5-27(23)41)22-4-2-6-28-24(22)8-16-42(28)34(44)32-38-26-10-14-40(18-12-36)20-30(26)46-32/h1-6H,7-20H2. The number of aromatic nitrogens is 2. The molecule has 8 rings (SSSR count). The highest BCUT2D eigenvalue weighted by Gasteiger charge is 2.34. The molecule has 0 atom stereocenters. The molecule has 0 unspecified atom stereocenters. The Morgan fingerprint density at radius 1 is 0.652 bits per heavy atom. The fourth-order valence-electron chi connectivity index (χ4n) is 7.33. The van der Waals surface area contributed by atoms with E-state index in [1.54, 1.807) is 0 Å². The summed E-state index contributed by atoms with van der Waals surface area (Å²) in [5.41, 5.74) is 8.21. The number of carbonyl (C=O) groups excluding carboxylic acids is 2. The second kappa shape index (κ2) is 12.2. The molecule has 12 heteroatoms. The number of benzene rings is 2. The summed E-state index contributed by atoms with van der Waals surface area (Å²) in [6, 6.07) is 12.3. The molecule has 0 N–H and O–H groups in total. The van der Waals surface area contributed by atoms with Gasteiger partial charge in [0.1, 0.15) is 13.3 Å². The van der Waals surface area contributed by atoms with E-state index in [0.717, 1.165) is 93.5 Å². The molecule has 2 aromatic heterocycles. The highest BCUT2D eigenvalue weighted by molar-refractivity contribution is 7.14. The van der Waals surface area contributed by atoms with Crippen LogP contribution in [0.15, 0.2) is 36.4 Å². The first kappa shape index (κ1) is 29.8. The number of nitrogens with zero attached hydrogens (tertiary/aromatic N) is 6. The molecule has 46 heavy (non-hydrogen) atoms. The van der Waals surface area contributed by atoms with Gasteiger partial charge in [-0.1, -0.05) is 24.3 Å².